The highest BCUT2D eigenvalue weighted by Crippen LogP contribution is 2.38. The van der Waals surface area contributed by atoms with Gasteiger partial charge in [-0.25, -0.2) is 14.8 Å². The van der Waals surface area contributed by atoms with Crippen molar-refractivity contribution in [3.63, 3.8) is 0 Å². The van der Waals surface area contributed by atoms with Crippen molar-refractivity contribution in [2.24, 2.45) is 4.99 Å². The average Bonchev–Trinajstić information content (AvgIpc) is 2.81. The van der Waals surface area contributed by atoms with Gasteiger partial charge in [-0.15, -0.1) is 11.8 Å². The normalized spacial score (nSPS) is 13.3. The number of allylic oxidation sites excluding steroid dienone is 6. The zero-order valence-electron chi connectivity index (χ0n) is 20.5. The Labute approximate surface area is 216 Å². The Kier molecular flexibility index (Phi) is 10.8. The molecule has 0 saturated heterocycles. The molecule has 0 spiro atoms. The van der Waals surface area contributed by atoms with Crippen molar-refractivity contribution in [1.29, 1.82) is 0 Å². The minimum absolute atomic E-state index is 0.0623. The van der Waals surface area contributed by atoms with Crippen LogP contribution in [-0.2, 0) is 0 Å². The molecule has 2 rings (SSSR count). The first-order chi connectivity index (χ1) is 16.6. The maximum absolute atomic E-state index is 11.4. The topological polar surface area (TPSA) is 83.8 Å². The van der Waals surface area contributed by atoms with E-state index in [9.17, 15) is 9.90 Å². The Bertz CT molecular complexity index is 1200. The molecule has 184 valence electrons. The van der Waals surface area contributed by atoms with E-state index in [2.05, 4.69) is 28.8 Å². The smallest absolute Gasteiger partial charge is 0.335 e. The van der Waals surface area contributed by atoms with E-state index in [1.165, 1.54) is 18.2 Å². The van der Waals surface area contributed by atoms with Gasteiger partial charge < -0.3 is 15.2 Å². The van der Waals surface area contributed by atoms with E-state index in [-0.39, 0.29) is 21.6 Å². The molecule has 8 heteroatoms. The Hall–Kier alpha value is -3.29. The molecule has 2 N–H and O–H groups in total. The van der Waals surface area contributed by atoms with Crippen LogP contribution in [-0.4, -0.2) is 27.1 Å². The molecule has 6 nitrogen and oxygen atoms in total. The first-order valence-electron chi connectivity index (χ1n) is 10.9. The number of carboxylic acid groups (broad SMARTS) is 1. The highest BCUT2D eigenvalue weighted by Gasteiger charge is 2.15. The number of carbonyl (C=O) groups is 1. The number of nitrogens with one attached hydrogen (secondary N) is 1. The molecule has 0 fully saturated rings. The third-order valence-corrected chi connectivity index (χ3v) is 6.20. The van der Waals surface area contributed by atoms with Crippen molar-refractivity contribution in [2.75, 3.05) is 0 Å². The fourth-order valence-corrected chi connectivity index (χ4v) is 3.81. The van der Waals surface area contributed by atoms with E-state index >= 15 is 0 Å². The van der Waals surface area contributed by atoms with Crippen LogP contribution in [0.1, 0.15) is 45.0 Å². The zero-order chi connectivity index (χ0) is 26.0. The molecule has 0 aliphatic carbocycles. The number of carboxylic acids is 1. The highest BCUT2D eigenvalue weighted by molar-refractivity contribution is 8.00. The van der Waals surface area contributed by atoms with Gasteiger partial charge in [0.25, 0.3) is 0 Å². The lowest BCUT2D eigenvalue weighted by Crippen LogP contribution is -2.17. The first-order valence-corrected chi connectivity index (χ1v) is 12.2. The fraction of sp³-hybridized carbons (Fsp3) is 0.222. The van der Waals surface area contributed by atoms with Crippen molar-refractivity contribution in [2.45, 2.75) is 44.8 Å². The Morgan fingerprint density at radius 2 is 2.00 bits per heavy atom. The molecule has 2 aromatic rings. The van der Waals surface area contributed by atoms with Crippen molar-refractivity contribution in [3.05, 3.63) is 89.3 Å². The SMILES string of the molecule is C=C(/C=C\C=C/C)C(C)Sc1cnc(/N=C(\C)N/C(C)=C\C)c(Oc2cc(C(=O)O)ccc2Cl)c1. The first kappa shape index (κ1) is 28.0. The lowest BCUT2D eigenvalue weighted by molar-refractivity contribution is 0.0696. The number of benzene rings is 1. The number of ether oxygens (including phenoxy) is 1. The number of hydrogen-bond donors (Lipinski definition) is 2. The second kappa shape index (κ2) is 13.6. The highest BCUT2D eigenvalue weighted by atomic mass is 35.5. The second-order valence-electron chi connectivity index (χ2n) is 7.56. The van der Waals surface area contributed by atoms with E-state index in [4.69, 9.17) is 16.3 Å². The summed E-state index contributed by atoms with van der Waals surface area (Å²) < 4.78 is 6.06. The van der Waals surface area contributed by atoms with Crippen LogP contribution in [0.2, 0.25) is 5.02 Å². The Morgan fingerprint density at radius 1 is 1.26 bits per heavy atom. The van der Waals surface area contributed by atoms with Crippen LogP contribution in [0.3, 0.4) is 0 Å². The van der Waals surface area contributed by atoms with Gasteiger partial charge in [0.2, 0.25) is 0 Å². The van der Waals surface area contributed by atoms with Gasteiger partial charge in [-0.1, -0.05) is 48.6 Å². The number of halogens is 1. The van der Waals surface area contributed by atoms with Crippen LogP contribution in [0.15, 0.2) is 88.6 Å². The van der Waals surface area contributed by atoms with Gasteiger partial charge >= 0.3 is 5.97 Å². The number of thioether (sulfide) groups is 1. The zero-order valence-corrected chi connectivity index (χ0v) is 22.1. The summed E-state index contributed by atoms with van der Waals surface area (Å²) in [6.45, 7) is 13.8. The molecule has 35 heavy (non-hydrogen) atoms. The van der Waals surface area contributed by atoms with E-state index in [1.807, 2.05) is 64.1 Å². The van der Waals surface area contributed by atoms with E-state index in [0.717, 1.165) is 16.2 Å². The molecule has 1 aromatic heterocycles. The summed E-state index contributed by atoms with van der Waals surface area (Å²) in [7, 11) is 0. The molecule has 1 unspecified atom stereocenters. The molecule has 0 aliphatic rings. The van der Waals surface area contributed by atoms with Gasteiger partial charge in [-0.2, -0.15) is 0 Å². The maximum Gasteiger partial charge on any atom is 0.335 e. The molecular formula is C27H30ClN3O3S. The number of nitrogens with zero attached hydrogens (tertiary/aromatic N) is 2. The molecule has 0 saturated carbocycles. The third-order valence-electron chi connectivity index (χ3n) is 4.74. The van der Waals surface area contributed by atoms with Crippen LogP contribution >= 0.6 is 23.4 Å². The van der Waals surface area contributed by atoms with Gasteiger partial charge in [0, 0.05) is 22.0 Å². The largest absolute Gasteiger partial charge is 0.478 e. The number of pyridine rings is 1. The Morgan fingerprint density at radius 3 is 2.66 bits per heavy atom. The minimum atomic E-state index is -1.08. The van der Waals surface area contributed by atoms with Crippen LogP contribution in [0.25, 0.3) is 0 Å². The van der Waals surface area contributed by atoms with E-state index < -0.39 is 5.97 Å². The van der Waals surface area contributed by atoms with Crippen LogP contribution in [0, 0.1) is 0 Å². The third kappa shape index (κ3) is 8.77. The lowest BCUT2D eigenvalue weighted by Gasteiger charge is -2.15. The molecule has 1 atom stereocenters. The summed E-state index contributed by atoms with van der Waals surface area (Å²) in [5.74, 6) is 0.432. The number of aromatic carboxylic acids is 1. The summed E-state index contributed by atoms with van der Waals surface area (Å²) in [6.07, 6.45) is 11.5. The lowest BCUT2D eigenvalue weighted by atomic mass is 10.2. The summed E-state index contributed by atoms with van der Waals surface area (Å²) in [6, 6.07) is 6.10. The van der Waals surface area contributed by atoms with Crippen molar-refractivity contribution >= 4 is 41.0 Å². The predicted octanol–water partition coefficient (Wildman–Crippen LogP) is 7.96. The number of amidine groups is 1. The molecule has 0 bridgehead atoms. The standard InChI is InChI=1S/C27H30ClN3O3S/c1-7-9-10-11-17(3)19(5)35-22-15-25(26(29-16-22)31-20(6)30-18(4)8-2)34-24-14-21(27(32)33)12-13-23(24)28/h7-16,19H,3H2,1-2,4-6H3,(H,32,33)(H,29,30,31)/b9-7-,11-10-,18-8-. The number of aromatic nitrogens is 1. The van der Waals surface area contributed by atoms with E-state index in [1.54, 1.807) is 18.0 Å². The van der Waals surface area contributed by atoms with Gasteiger partial charge in [0.15, 0.2) is 11.6 Å². The maximum atomic E-state index is 11.4. The average molecular weight is 512 g/mol. The number of rotatable bonds is 10. The summed E-state index contributed by atoms with van der Waals surface area (Å²) in [5.41, 5.74) is 1.96. The number of hydrogen-bond acceptors (Lipinski definition) is 5. The van der Waals surface area contributed by atoms with Crippen LogP contribution < -0.4 is 10.1 Å². The quantitative estimate of drug-likeness (QED) is 0.146. The molecule has 0 amide bonds. The van der Waals surface area contributed by atoms with Crippen LogP contribution in [0.4, 0.5) is 5.82 Å². The Balaban J connectivity index is 2.45. The van der Waals surface area contributed by atoms with Crippen LogP contribution in [0.5, 0.6) is 11.5 Å². The van der Waals surface area contributed by atoms with Crippen molar-refractivity contribution < 1.29 is 14.6 Å². The molecule has 1 heterocycles. The fourth-order valence-electron chi connectivity index (χ4n) is 2.73. The summed E-state index contributed by atoms with van der Waals surface area (Å²) in [5, 5.41) is 12.9. The monoisotopic (exact) mass is 511 g/mol. The minimum Gasteiger partial charge on any atom is -0.478 e. The number of aliphatic imine (C=N–C) groups is 1. The van der Waals surface area contributed by atoms with Gasteiger partial charge in [0.1, 0.15) is 11.6 Å². The molecular weight excluding hydrogens is 482 g/mol. The molecule has 1 aromatic carbocycles. The van der Waals surface area contributed by atoms with Crippen molar-refractivity contribution in [1.82, 2.24) is 10.3 Å². The summed E-state index contributed by atoms with van der Waals surface area (Å²) in [4.78, 5) is 21.3. The summed E-state index contributed by atoms with van der Waals surface area (Å²) >= 11 is 7.87. The van der Waals surface area contributed by atoms with Gasteiger partial charge in [-0.3, -0.25) is 0 Å². The van der Waals surface area contributed by atoms with Crippen molar-refractivity contribution in [3.8, 4) is 11.5 Å². The van der Waals surface area contributed by atoms with Gasteiger partial charge in [0.05, 0.1) is 10.6 Å². The predicted molar refractivity (Wildman–Crippen MR) is 146 cm³/mol. The van der Waals surface area contributed by atoms with E-state index in [0.29, 0.717) is 17.4 Å². The van der Waals surface area contributed by atoms with Gasteiger partial charge in [-0.05, 0) is 64.5 Å². The molecule has 0 aliphatic heterocycles. The second-order valence-corrected chi connectivity index (χ2v) is 9.38. The molecule has 0 radical (unpaired) electrons.